The minimum absolute atomic E-state index is 0.417. The molecular weight excluding hydrogens is 398 g/mol. The molecule has 1 aliphatic heterocycles. The van der Waals surface area contributed by atoms with Gasteiger partial charge in [0.2, 0.25) is 5.88 Å². The number of ether oxygens (including phenoxy) is 2. The smallest absolute Gasteiger partial charge is 0.213 e. The number of aryl methyl sites for hydroxylation is 1. The maximum absolute atomic E-state index is 5.62. The van der Waals surface area contributed by atoms with E-state index in [1.807, 2.05) is 25.1 Å². The van der Waals surface area contributed by atoms with E-state index in [1.165, 1.54) is 11.1 Å². The summed E-state index contributed by atoms with van der Waals surface area (Å²) in [6.45, 7) is 7.72. The molecule has 0 saturated carbocycles. The van der Waals surface area contributed by atoms with Crippen molar-refractivity contribution >= 4 is 5.69 Å². The Kier molecular flexibility index (Phi) is 6.96. The number of benzene rings is 2. The molecule has 1 atom stereocenters. The maximum Gasteiger partial charge on any atom is 0.213 e. The van der Waals surface area contributed by atoms with E-state index in [-0.39, 0.29) is 0 Å². The first-order chi connectivity index (χ1) is 15.6. The van der Waals surface area contributed by atoms with Gasteiger partial charge in [0, 0.05) is 37.3 Å². The standard InChI is InChI=1S/C27H33N3O2/c1-5-32-23-12-10-22(11-13-23)27-25(14-15-26(28-27)31-4)30-17-16-24(29(3)18-19-30)21-8-6-20(2)7-9-21/h6-15,24H,5,16-19H2,1-4H3. The highest BCUT2D eigenvalue weighted by atomic mass is 16.5. The Hall–Kier alpha value is -3.05. The van der Waals surface area contributed by atoms with E-state index >= 15 is 0 Å². The van der Waals surface area contributed by atoms with Crippen LogP contribution in [0.5, 0.6) is 11.6 Å². The van der Waals surface area contributed by atoms with Gasteiger partial charge in [0.1, 0.15) is 5.75 Å². The third-order valence-corrected chi connectivity index (χ3v) is 6.23. The summed E-state index contributed by atoms with van der Waals surface area (Å²) in [5.74, 6) is 1.50. The lowest BCUT2D eigenvalue weighted by Crippen LogP contribution is -2.29. The number of methoxy groups -OCH3 is 1. The van der Waals surface area contributed by atoms with Crippen LogP contribution >= 0.6 is 0 Å². The van der Waals surface area contributed by atoms with Crippen molar-refractivity contribution in [2.24, 2.45) is 0 Å². The number of rotatable bonds is 6. The highest BCUT2D eigenvalue weighted by Crippen LogP contribution is 2.35. The first kappa shape index (κ1) is 22.2. The maximum atomic E-state index is 5.62. The van der Waals surface area contributed by atoms with Crippen LogP contribution < -0.4 is 14.4 Å². The topological polar surface area (TPSA) is 37.8 Å². The predicted molar refractivity (Wildman–Crippen MR) is 131 cm³/mol. The monoisotopic (exact) mass is 431 g/mol. The zero-order valence-corrected chi connectivity index (χ0v) is 19.5. The van der Waals surface area contributed by atoms with Crippen LogP contribution in [0.4, 0.5) is 5.69 Å². The highest BCUT2D eigenvalue weighted by Gasteiger charge is 2.25. The van der Waals surface area contributed by atoms with Crippen LogP contribution in [0.3, 0.4) is 0 Å². The van der Waals surface area contributed by atoms with Gasteiger partial charge in [0.05, 0.1) is 25.1 Å². The molecule has 0 bridgehead atoms. The number of anilines is 1. The lowest BCUT2D eigenvalue weighted by atomic mass is 10.0. The molecule has 2 heterocycles. The number of nitrogens with zero attached hydrogens (tertiary/aromatic N) is 3. The molecule has 1 unspecified atom stereocenters. The molecule has 2 aromatic carbocycles. The summed E-state index contributed by atoms with van der Waals surface area (Å²) < 4.78 is 11.1. The zero-order valence-electron chi connectivity index (χ0n) is 19.5. The summed E-state index contributed by atoms with van der Waals surface area (Å²) in [5.41, 5.74) is 5.85. The molecule has 32 heavy (non-hydrogen) atoms. The van der Waals surface area contributed by atoms with E-state index in [2.05, 4.69) is 66.2 Å². The van der Waals surface area contributed by atoms with Crippen molar-refractivity contribution in [3.63, 3.8) is 0 Å². The largest absolute Gasteiger partial charge is 0.494 e. The third-order valence-electron chi connectivity index (χ3n) is 6.23. The van der Waals surface area contributed by atoms with Crippen molar-refractivity contribution in [1.82, 2.24) is 9.88 Å². The van der Waals surface area contributed by atoms with Crippen LogP contribution in [0.1, 0.15) is 30.5 Å². The van der Waals surface area contributed by atoms with Crippen molar-refractivity contribution < 1.29 is 9.47 Å². The Morgan fingerprint density at radius 3 is 2.38 bits per heavy atom. The fraction of sp³-hybridized carbons (Fsp3) is 0.370. The summed E-state index contributed by atoms with van der Waals surface area (Å²) in [6.07, 6.45) is 1.06. The molecular formula is C27H33N3O2. The molecule has 1 aliphatic rings. The first-order valence-electron chi connectivity index (χ1n) is 11.4. The van der Waals surface area contributed by atoms with Crippen molar-refractivity contribution in [2.45, 2.75) is 26.3 Å². The van der Waals surface area contributed by atoms with Gasteiger partial charge in [-0.3, -0.25) is 4.90 Å². The van der Waals surface area contributed by atoms with Crippen molar-refractivity contribution in [3.05, 3.63) is 71.8 Å². The lowest BCUT2D eigenvalue weighted by Gasteiger charge is -2.25. The average molecular weight is 432 g/mol. The Labute approximate surface area is 191 Å². The molecule has 0 amide bonds. The SMILES string of the molecule is CCOc1ccc(-c2nc(OC)ccc2N2CCC(c3ccc(C)cc3)N(C)CC2)cc1. The number of aromatic nitrogens is 1. The van der Waals surface area contributed by atoms with Crippen molar-refractivity contribution in [3.8, 4) is 22.9 Å². The molecule has 0 radical (unpaired) electrons. The Bertz CT molecular complexity index is 1020. The zero-order chi connectivity index (χ0) is 22.5. The van der Waals surface area contributed by atoms with Gasteiger partial charge in [0.15, 0.2) is 0 Å². The summed E-state index contributed by atoms with van der Waals surface area (Å²) in [6, 6.07) is 21.7. The molecule has 0 spiro atoms. The summed E-state index contributed by atoms with van der Waals surface area (Å²) in [7, 11) is 3.89. The van der Waals surface area contributed by atoms with Gasteiger partial charge in [-0.1, -0.05) is 29.8 Å². The Morgan fingerprint density at radius 2 is 1.69 bits per heavy atom. The van der Waals surface area contributed by atoms with Crippen LogP contribution in [0, 0.1) is 6.92 Å². The van der Waals surface area contributed by atoms with Crippen LogP contribution in [-0.2, 0) is 0 Å². The van der Waals surface area contributed by atoms with Gasteiger partial charge in [-0.2, -0.15) is 0 Å². The van der Waals surface area contributed by atoms with Crippen LogP contribution in [0.2, 0.25) is 0 Å². The lowest BCUT2D eigenvalue weighted by molar-refractivity contribution is 0.258. The number of pyridine rings is 1. The van der Waals surface area contributed by atoms with Gasteiger partial charge in [-0.25, -0.2) is 4.98 Å². The fourth-order valence-electron chi connectivity index (χ4n) is 4.39. The molecule has 1 fully saturated rings. The molecule has 168 valence electrons. The van der Waals surface area contributed by atoms with E-state index in [9.17, 15) is 0 Å². The van der Waals surface area contributed by atoms with E-state index in [0.29, 0.717) is 18.5 Å². The molecule has 0 aliphatic carbocycles. The van der Waals surface area contributed by atoms with E-state index in [1.54, 1.807) is 7.11 Å². The molecule has 1 saturated heterocycles. The van der Waals surface area contributed by atoms with E-state index < -0.39 is 0 Å². The van der Waals surface area contributed by atoms with Gasteiger partial charge >= 0.3 is 0 Å². The van der Waals surface area contributed by atoms with E-state index in [4.69, 9.17) is 14.5 Å². The van der Waals surface area contributed by atoms with Crippen LogP contribution in [0.15, 0.2) is 60.7 Å². The van der Waals surface area contributed by atoms with Gasteiger partial charge < -0.3 is 14.4 Å². The second-order valence-corrected chi connectivity index (χ2v) is 8.36. The molecule has 5 nitrogen and oxygen atoms in total. The first-order valence-corrected chi connectivity index (χ1v) is 11.4. The fourth-order valence-corrected chi connectivity index (χ4v) is 4.39. The molecule has 1 aromatic heterocycles. The molecule has 5 heteroatoms. The summed E-state index contributed by atoms with van der Waals surface area (Å²) in [4.78, 5) is 9.76. The van der Waals surface area contributed by atoms with Crippen LogP contribution in [0.25, 0.3) is 11.3 Å². The van der Waals surface area contributed by atoms with Crippen molar-refractivity contribution in [2.75, 3.05) is 45.3 Å². The summed E-state index contributed by atoms with van der Waals surface area (Å²) in [5, 5.41) is 0. The minimum Gasteiger partial charge on any atom is -0.494 e. The second-order valence-electron chi connectivity index (χ2n) is 8.36. The average Bonchev–Trinajstić information content (AvgIpc) is 3.01. The van der Waals surface area contributed by atoms with Gasteiger partial charge in [-0.05, 0) is 63.2 Å². The summed E-state index contributed by atoms with van der Waals surface area (Å²) >= 11 is 0. The minimum atomic E-state index is 0.417. The normalized spacial score (nSPS) is 17.1. The molecule has 4 rings (SSSR count). The third kappa shape index (κ3) is 4.89. The quantitative estimate of drug-likeness (QED) is 0.526. The molecule has 0 N–H and O–H groups in total. The highest BCUT2D eigenvalue weighted by molar-refractivity contribution is 5.76. The second kappa shape index (κ2) is 10.0. The van der Waals surface area contributed by atoms with Crippen molar-refractivity contribution in [1.29, 1.82) is 0 Å². The Morgan fingerprint density at radius 1 is 0.938 bits per heavy atom. The number of likely N-dealkylation sites (N-methyl/N-ethyl adjacent to an activating group) is 1. The Balaban J connectivity index is 1.62. The number of hydrogen-bond acceptors (Lipinski definition) is 5. The number of hydrogen-bond donors (Lipinski definition) is 0. The predicted octanol–water partition coefficient (Wildman–Crippen LogP) is 5.35. The van der Waals surface area contributed by atoms with E-state index in [0.717, 1.165) is 48.7 Å². The van der Waals surface area contributed by atoms with Gasteiger partial charge in [0.25, 0.3) is 0 Å². The molecule has 3 aromatic rings. The van der Waals surface area contributed by atoms with Gasteiger partial charge in [-0.15, -0.1) is 0 Å². The van der Waals surface area contributed by atoms with Crippen LogP contribution in [-0.4, -0.2) is 50.3 Å².